The van der Waals surface area contributed by atoms with Gasteiger partial charge in [-0.1, -0.05) is 0 Å². The van der Waals surface area contributed by atoms with E-state index >= 15 is 0 Å². The first-order valence-electron chi connectivity index (χ1n) is 6.87. The third-order valence-corrected chi connectivity index (χ3v) is 2.74. The second-order valence-corrected chi connectivity index (χ2v) is 5.70. The van der Waals surface area contributed by atoms with Gasteiger partial charge in [-0.3, -0.25) is 4.68 Å². The van der Waals surface area contributed by atoms with Crippen molar-refractivity contribution in [2.75, 3.05) is 0 Å². The van der Waals surface area contributed by atoms with E-state index in [1.807, 2.05) is 42.3 Å². The molecule has 0 saturated heterocycles. The Balaban J connectivity index is 1.84. The van der Waals surface area contributed by atoms with E-state index in [9.17, 15) is 4.79 Å². The molecule has 7 heteroatoms. The number of hydrogen-bond donors (Lipinski definition) is 1. The minimum atomic E-state index is -0.496. The van der Waals surface area contributed by atoms with Gasteiger partial charge in [-0.15, -0.1) is 0 Å². The Morgan fingerprint density at radius 2 is 2.19 bits per heavy atom. The van der Waals surface area contributed by atoms with Gasteiger partial charge in [0.1, 0.15) is 5.60 Å². The lowest BCUT2D eigenvalue weighted by Crippen LogP contribution is -2.32. The highest BCUT2D eigenvalue weighted by Gasteiger charge is 2.16. The second kappa shape index (κ2) is 6.43. The van der Waals surface area contributed by atoms with E-state index in [1.54, 1.807) is 18.7 Å². The van der Waals surface area contributed by atoms with E-state index in [0.29, 0.717) is 6.54 Å². The first kappa shape index (κ1) is 15.1. The summed E-state index contributed by atoms with van der Waals surface area (Å²) in [7, 11) is 0. The van der Waals surface area contributed by atoms with E-state index in [2.05, 4.69) is 15.4 Å². The number of aromatic nitrogens is 4. The average molecular weight is 291 g/mol. The molecule has 0 unspecified atom stereocenters. The number of carbonyl (C=O) groups excluding carboxylic acids is 1. The number of nitrogens with one attached hydrogen (secondary N) is 1. The molecule has 21 heavy (non-hydrogen) atoms. The number of nitrogens with zero attached hydrogens (tertiary/aromatic N) is 4. The van der Waals surface area contributed by atoms with Crippen LogP contribution in [0.4, 0.5) is 4.79 Å². The van der Waals surface area contributed by atoms with Crippen molar-refractivity contribution >= 4 is 6.09 Å². The summed E-state index contributed by atoms with van der Waals surface area (Å²) in [6.45, 7) is 7.38. The number of carbonyl (C=O) groups is 1. The molecule has 2 heterocycles. The molecule has 0 aliphatic rings. The van der Waals surface area contributed by atoms with Crippen LogP contribution in [-0.2, 0) is 24.4 Å². The number of imidazole rings is 1. The SMILES string of the molecule is CC(C)(C)OC(=O)NCc1cncn1CCn1cccn1. The Kier molecular flexibility index (Phi) is 4.62. The van der Waals surface area contributed by atoms with Gasteiger partial charge in [0.15, 0.2) is 0 Å². The fourth-order valence-corrected chi connectivity index (χ4v) is 1.82. The highest BCUT2D eigenvalue weighted by atomic mass is 16.6. The summed E-state index contributed by atoms with van der Waals surface area (Å²) >= 11 is 0. The van der Waals surface area contributed by atoms with Crippen molar-refractivity contribution in [3.8, 4) is 0 Å². The number of hydrogen-bond acceptors (Lipinski definition) is 4. The van der Waals surface area contributed by atoms with Crippen LogP contribution in [0.2, 0.25) is 0 Å². The van der Waals surface area contributed by atoms with Crippen LogP contribution in [0.15, 0.2) is 31.0 Å². The summed E-state index contributed by atoms with van der Waals surface area (Å²) in [5.41, 5.74) is 0.428. The van der Waals surface area contributed by atoms with Gasteiger partial charge in [-0.2, -0.15) is 5.10 Å². The molecule has 0 aliphatic carbocycles. The van der Waals surface area contributed by atoms with E-state index < -0.39 is 11.7 Å². The smallest absolute Gasteiger partial charge is 0.407 e. The van der Waals surface area contributed by atoms with Crippen LogP contribution in [-0.4, -0.2) is 31.0 Å². The molecule has 0 saturated carbocycles. The molecule has 2 rings (SSSR count). The number of aryl methyl sites for hydroxylation is 2. The van der Waals surface area contributed by atoms with Crippen molar-refractivity contribution in [2.45, 2.75) is 46.0 Å². The van der Waals surface area contributed by atoms with Crippen LogP contribution in [0.1, 0.15) is 26.5 Å². The Bertz CT molecular complexity index is 568. The third kappa shape index (κ3) is 4.94. The lowest BCUT2D eigenvalue weighted by atomic mass is 10.2. The predicted molar refractivity (Wildman–Crippen MR) is 77.5 cm³/mol. The normalized spacial score (nSPS) is 11.4. The van der Waals surface area contributed by atoms with Crippen molar-refractivity contribution in [1.29, 1.82) is 0 Å². The van der Waals surface area contributed by atoms with Crippen molar-refractivity contribution < 1.29 is 9.53 Å². The highest BCUT2D eigenvalue weighted by molar-refractivity contribution is 5.67. The molecule has 0 radical (unpaired) electrons. The molecule has 0 atom stereocenters. The topological polar surface area (TPSA) is 74.0 Å². The summed E-state index contributed by atoms with van der Waals surface area (Å²) in [4.78, 5) is 15.7. The summed E-state index contributed by atoms with van der Waals surface area (Å²) in [6.07, 6.45) is 6.71. The van der Waals surface area contributed by atoms with E-state index in [0.717, 1.165) is 18.8 Å². The van der Waals surface area contributed by atoms with Gasteiger partial charge in [-0.25, -0.2) is 9.78 Å². The van der Waals surface area contributed by atoms with Gasteiger partial charge in [0.2, 0.25) is 0 Å². The molecular formula is C14H21N5O2. The molecule has 0 aromatic carbocycles. The first-order valence-corrected chi connectivity index (χ1v) is 6.87. The lowest BCUT2D eigenvalue weighted by molar-refractivity contribution is 0.0522. The fourth-order valence-electron chi connectivity index (χ4n) is 1.82. The zero-order chi connectivity index (χ0) is 15.3. The molecule has 7 nitrogen and oxygen atoms in total. The Morgan fingerprint density at radius 1 is 1.38 bits per heavy atom. The number of amides is 1. The molecular weight excluding hydrogens is 270 g/mol. The van der Waals surface area contributed by atoms with Crippen molar-refractivity contribution in [3.05, 3.63) is 36.7 Å². The van der Waals surface area contributed by atoms with E-state index in [-0.39, 0.29) is 0 Å². The molecule has 0 spiro atoms. The quantitative estimate of drug-likeness (QED) is 0.911. The summed E-state index contributed by atoms with van der Waals surface area (Å²) in [5, 5.41) is 6.88. The molecule has 2 aromatic heterocycles. The van der Waals surface area contributed by atoms with Crippen LogP contribution in [0, 0.1) is 0 Å². The van der Waals surface area contributed by atoms with Gasteiger partial charge in [0.25, 0.3) is 0 Å². The number of alkyl carbamates (subject to hydrolysis) is 1. The third-order valence-electron chi connectivity index (χ3n) is 2.74. The van der Waals surface area contributed by atoms with E-state index in [4.69, 9.17) is 4.74 Å². The van der Waals surface area contributed by atoms with Crippen molar-refractivity contribution in [2.24, 2.45) is 0 Å². The molecule has 1 amide bonds. The molecule has 2 aromatic rings. The molecule has 114 valence electrons. The summed E-state index contributed by atoms with van der Waals surface area (Å²) < 4.78 is 9.04. The molecule has 1 N–H and O–H groups in total. The number of ether oxygens (including phenoxy) is 1. The van der Waals surface area contributed by atoms with Gasteiger partial charge in [0, 0.05) is 25.1 Å². The first-order chi connectivity index (χ1) is 9.94. The minimum absolute atomic E-state index is 0.383. The highest BCUT2D eigenvalue weighted by Crippen LogP contribution is 2.07. The standard InChI is InChI=1S/C14H21N5O2/c1-14(2,3)21-13(20)16-10-12-9-15-11-18(12)7-8-19-6-4-5-17-19/h4-6,9,11H,7-8,10H2,1-3H3,(H,16,20). The maximum Gasteiger partial charge on any atom is 0.407 e. The van der Waals surface area contributed by atoms with Gasteiger partial charge < -0.3 is 14.6 Å². The van der Waals surface area contributed by atoms with Crippen LogP contribution >= 0.6 is 0 Å². The van der Waals surface area contributed by atoms with Crippen LogP contribution in [0.5, 0.6) is 0 Å². The van der Waals surface area contributed by atoms with Crippen molar-refractivity contribution in [3.63, 3.8) is 0 Å². The zero-order valence-corrected chi connectivity index (χ0v) is 12.6. The summed E-state index contributed by atoms with van der Waals surface area (Å²) in [6, 6.07) is 1.89. The molecule has 0 aliphatic heterocycles. The van der Waals surface area contributed by atoms with E-state index in [1.165, 1.54) is 0 Å². The minimum Gasteiger partial charge on any atom is -0.444 e. The lowest BCUT2D eigenvalue weighted by Gasteiger charge is -2.19. The van der Waals surface area contributed by atoms with Gasteiger partial charge in [0.05, 0.1) is 25.1 Å². The van der Waals surface area contributed by atoms with Crippen LogP contribution < -0.4 is 5.32 Å². The molecule has 0 fully saturated rings. The maximum atomic E-state index is 11.6. The largest absolute Gasteiger partial charge is 0.444 e. The molecule has 0 bridgehead atoms. The predicted octanol–water partition coefficient (Wildman–Crippen LogP) is 1.80. The van der Waals surface area contributed by atoms with Crippen LogP contribution in [0.3, 0.4) is 0 Å². The van der Waals surface area contributed by atoms with Crippen molar-refractivity contribution in [1.82, 2.24) is 24.6 Å². The maximum absolute atomic E-state index is 11.6. The summed E-state index contributed by atoms with van der Waals surface area (Å²) in [5.74, 6) is 0. The monoisotopic (exact) mass is 291 g/mol. The Hall–Kier alpha value is -2.31. The van der Waals surface area contributed by atoms with Gasteiger partial charge >= 0.3 is 6.09 Å². The number of rotatable bonds is 5. The Labute approximate surface area is 123 Å². The van der Waals surface area contributed by atoms with Gasteiger partial charge in [-0.05, 0) is 26.8 Å². The zero-order valence-electron chi connectivity index (χ0n) is 12.6. The fraction of sp³-hybridized carbons (Fsp3) is 0.500. The Morgan fingerprint density at radius 3 is 2.86 bits per heavy atom. The van der Waals surface area contributed by atoms with Crippen LogP contribution in [0.25, 0.3) is 0 Å². The average Bonchev–Trinajstić information content (AvgIpc) is 3.03. The second-order valence-electron chi connectivity index (χ2n) is 5.70.